The van der Waals surface area contributed by atoms with Crippen molar-refractivity contribution in [1.29, 1.82) is 0 Å². The van der Waals surface area contributed by atoms with Crippen LogP contribution in [-0.2, 0) is 16.1 Å². The smallest absolute Gasteiger partial charge is 0.325 e. The van der Waals surface area contributed by atoms with Crippen LogP contribution in [0.15, 0.2) is 45.8 Å². The predicted molar refractivity (Wildman–Crippen MR) is 119 cm³/mol. The second kappa shape index (κ2) is 8.39. The molecule has 160 valence electrons. The molecule has 2 heterocycles. The fourth-order valence-corrected chi connectivity index (χ4v) is 4.57. The number of aryl methyl sites for hydroxylation is 2. The van der Waals surface area contributed by atoms with E-state index in [1.165, 1.54) is 18.4 Å². The number of nitrogens with zero attached hydrogens (tertiary/aromatic N) is 2. The zero-order valence-electron chi connectivity index (χ0n) is 17.7. The van der Waals surface area contributed by atoms with Gasteiger partial charge in [-0.1, -0.05) is 29.5 Å². The van der Waals surface area contributed by atoms with E-state index in [0.717, 1.165) is 26.7 Å². The molecule has 4 rings (SSSR count). The highest BCUT2D eigenvalue weighted by Crippen LogP contribution is 2.29. The number of benzene rings is 2. The van der Waals surface area contributed by atoms with Gasteiger partial charge in [0.15, 0.2) is 21.9 Å². The molecule has 2 aromatic heterocycles. The van der Waals surface area contributed by atoms with Crippen LogP contribution in [0.1, 0.15) is 28.6 Å². The lowest BCUT2D eigenvalue weighted by Gasteiger charge is -2.05. The van der Waals surface area contributed by atoms with Crippen LogP contribution in [-0.4, -0.2) is 30.2 Å². The average molecular weight is 439 g/mol. The van der Waals surface area contributed by atoms with E-state index in [-0.39, 0.29) is 12.3 Å². The van der Waals surface area contributed by atoms with Gasteiger partial charge < -0.3 is 18.5 Å². The summed E-state index contributed by atoms with van der Waals surface area (Å²) in [5, 5.41) is 0.759. The molecule has 0 radical (unpaired) electrons. The summed E-state index contributed by atoms with van der Waals surface area (Å²) in [5.74, 6) is -0.263. The second-order valence-electron chi connectivity index (χ2n) is 7.11. The first kappa shape index (κ1) is 20.9. The van der Waals surface area contributed by atoms with Gasteiger partial charge in [0.25, 0.3) is 0 Å². The molecule has 0 N–H and O–H groups in total. The Labute approximate surface area is 182 Å². The highest BCUT2D eigenvalue weighted by Gasteiger charge is 2.17. The van der Waals surface area contributed by atoms with Gasteiger partial charge in [-0.3, -0.25) is 9.59 Å². The lowest BCUT2D eigenvalue weighted by molar-refractivity contribution is -0.141. The Kier molecular flexibility index (Phi) is 5.65. The molecule has 0 fully saturated rings. The summed E-state index contributed by atoms with van der Waals surface area (Å²) in [4.78, 5) is 29.7. The number of amides is 1. The van der Waals surface area contributed by atoms with E-state index in [1.807, 2.05) is 39.0 Å². The van der Waals surface area contributed by atoms with Crippen molar-refractivity contribution in [3.8, 4) is 5.75 Å². The van der Waals surface area contributed by atoms with Crippen molar-refractivity contribution in [3.63, 3.8) is 0 Å². The Bertz CT molecular complexity index is 1380. The molecule has 4 aromatic rings. The standard InChI is InChI=1S/C23H22N2O5S/c1-5-29-17-8-6-7-15-11-18(30-20(15)17)22(27)24-23-25(12-19(26)28-4)16-10-13(2)9-14(3)21(16)31-23/h6-11H,5,12H2,1-4H3. The first-order valence-electron chi connectivity index (χ1n) is 9.83. The van der Waals surface area contributed by atoms with Gasteiger partial charge in [0.1, 0.15) is 6.54 Å². The maximum Gasteiger partial charge on any atom is 0.325 e. The summed E-state index contributed by atoms with van der Waals surface area (Å²) >= 11 is 1.35. The van der Waals surface area contributed by atoms with Crippen molar-refractivity contribution in [2.24, 2.45) is 4.99 Å². The minimum Gasteiger partial charge on any atom is -0.490 e. The SMILES string of the molecule is CCOc1cccc2cc(C(=O)N=c3sc4c(C)cc(C)cc4n3CC(=O)OC)oc12. The molecule has 0 spiro atoms. The van der Waals surface area contributed by atoms with Crippen LogP contribution in [0.2, 0.25) is 0 Å². The van der Waals surface area contributed by atoms with Crippen LogP contribution in [0, 0.1) is 13.8 Å². The number of hydrogen-bond donors (Lipinski definition) is 0. The Morgan fingerprint density at radius 3 is 2.74 bits per heavy atom. The highest BCUT2D eigenvalue weighted by molar-refractivity contribution is 7.16. The molecule has 31 heavy (non-hydrogen) atoms. The third-order valence-corrected chi connectivity index (χ3v) is 6.07. The monoisotopic (exact) mass is 438 g/mol. The molecule has 0 atom stereocenters. The quantitative estimate of drug-likeness (QED) is 0.432. The van der Waals surface area contributed by atoms with Crippen molar-refractivity contribution >= 4 is 44.4 Å². The molecule has 2 aromatic carbocycles. The third-order valence-electron chi connectivity index (χ3n) is 4.85. The van der Waals surface area contributed by atoms with Crippen molar-refractivity contribution in [3.05, 3.63) is 58.1 Å². The summed E-state index contributed by atoms with van der Waals surface area (Å²) in [6.45, 7) is 6.31. The van der Waals surface area contributed by atoms with Crippen LogP contribution >= 0.6 is 11.3 Å². The van der Waals surface area contributed by atoms with E-state index < -0.39 is 11.9 Å². The second-order valence-corrected chi connectivity index (χ2v) is 8.09. The summed E-state index contributed by atoms with van der Waals surface area (Å²) in [5.41, 5.74) is 3.45. The highest BCUT2D eigenvalue weighted by atomic mass is 32.1. The van der Waals surface area contributed by atoms with Gasteiger partial charge in [-0.15, -0.1) is 0 Å². The van der Waals surface area contributed by atoms with Gasteiger partial charge in [0.2, 0.25) is 0 Å². The average Bonchev–Trinajstić information content (AvgIpc) is 3.31. The molecular formula is C23H22N2O5S. The first-order chi connectivity index (χ1) is 14.9. The molecule has 1 amide bonds. The van der Waals surface area contributed by atoms with Crippen LogP contribution in [0.5, 0.6) is 5.75 Å². The minimum atomic E-state index is -0.529. The largest absolute Gasteiger partial charge is 0.490 e. The van der Waals surface area contributed by atoms with Gasteiger partial charge in [-0.2, -0.15) is 4.99 Å². The molecule has 0 aliphatic heterocycles. The van der Waals surface area contributed by atoms with Crippen molar-refractivity contribution < 1.29 is 23.5 Å². The van der Waals surface area contributed by atoms with Gasteiger partial charge in [0, 0.05) is 5.39 Å². The van der Waals surface area contributed by atoms with Crippen LogP contribution in [0.25, 0.3) is 21.2 Å². The Balaban J connectivity index is 1.85. The number of rotatable bonds is 5. The van der Waals surface area contributed by atoms with Crippen LogP contribution in [0.4, 0.5) is 0 Å². The minimum absolute atomic E-state index is 0.0415. The molecule has 0 unspecified atom stereocenters. The number of esters is 1. The number of thiazole rings is 1. The fraction of sp³-hybridized carbons (Fsp3) is 0.261. The summed E-state index contributed by atoms with van der Waals surface area (Å²) < 4.78 is 18.9. The number of ether oxygens (including phenoxy) is 2. The van der Waals surface area contributed by atoms with E-state index in [1.54, 1.807) is 16.7 Å². The van der Waals surface area contributed by atoms with E-state index in [0.29, 0.717) is 22.7 Å². The number of para-hydroxylation sites is 1. The van der Waals surface area contributed by atoms with Gasteiger partial charge in [-0.05, 0) is 50.1 Å². The molecule has 0 saturated heterocycles. The molecule has 8 heteroatoms. The molecular weight excluding hydrogens is 416 g/mol. The summed E-state index contributed by atoms with van der Waals surface area (Å²) in [7, 11) is 1.33. The van der Waals surface area contributed by atoms with E-state index >= 15 is 0 Å². The first-order valence-corrected chi connectivity index (χ1v) is 10.6. The number of furan rings is 1. The Morgan fingerprint density at radius 1 is 1.19 bits per heavy atom. The molecule has 0 bridgehead atoms. The maximum atomic E-state index is 13.0. The lowest BCUT2D eigenvalue weighted by atomic mass is 10.1. The number of fused-ring (bicyclic) bond motifs is 2. The van der Waals surface area contributed by atoms with Crippen LogP contribution < -0.4 is 9.54 Å². The van der Waals surface area contributed by atoms with Gasteiger partial charge in [0.05, 0.1) is 23.9 Å². The molecule has 0 aliphatic carbocycles. The summed E-state index contributed by atoms with van der Waals surface area (Å²) in [6.07, 6.45) is 0. The number of hydrogen-bond acceptors (Lipinski definition) is 6. The zero-order chi connectivity index (χ0) is 22.1. The molecule has 0 aliphatic rings. The lowest BCUT2D eigenvalue weighted by Crippen LogP contribution is -2.22. The van der Waals surface area contributed by atoms with Crippen molar-refractivity contribution in [2.75, 3.05) is 13.7 Å². The molecule has 7 nitrogen and oxygen atoms in total. The van der Waals surface area contributed by atoms with Crippen LogP contribution in [0.3, 0.4) is 0 Å². The number of carbonyl (C=O) groups is 2. The van der Waals surface area contributed by atoms with E-state index in [9.17, 15) is 9.59 Å². The van der Waals surface area contributed by atoms with Gasteiger partial charge in [-0.25, -0.2) is 0 Å². The van der Waals surface area contributed by atoms with E-state index in [2.05, 4.69) is 11.1 Å². The fourth-order valence-electron chi connectivity index (χ4n) is 3.50. The van der Waals surface area contributed by atoms with Crippen molar-refractivity contribution in [2.45, 2.75) is 27.3 Å². The maximum absolute atomic E-state index is 13.0. The third kappa shape index (κ3) is 3.98. The number of carbonyl (C=O) groups excluding carboxylic acids is 2. The Hall–Kier alpha value is -3.39. The normalized spacial score (nSPS) is 11.9. The van der Waals surface area contributed by atoms with Crippen molar-refractivity contribution in [1.82, 2.24) is 4.57 Å². The number of methoxy groups -OCH3 is 1. The zero-order valence-corrected chi connectivity index (χ0v) is 18.5. The summed E-state index contributed by atoms with van der Waals surface area (Å²) in [6, 6.07) is 11.2. The number of aromatic nitrogens is 1. The van der Waals surface area contributed by atoms with Gasteiger partial charge >= 0.3 is 11.9 Å². The van der Waals surface area contributed by atoms with E-state index in [4.69, 9.17) is 13.9 Å². The Morgan fingerprint density at radius 2 is 2.00 bits per heavy atom. The predicted octanol–water partition coefficient (Wildman–Crippen LogP) is 4.38. The molecule has 0 saturated carbocycles. The topological polar surface area (TPSA) is 83.0 Å².